The van der Waals surface area contributed by atoms with Crippen LogP contribution in [0, 0.1) is 15.9 Å². The minimum atomic E-state index is -0.966. The van der Waals surface area contributed by atoms with E-state index in [1.165, 1.54) is 6.07 Å². The molecule has 21 heavy (non-hydrogen) atoms. The summed E-state index contributed by atoms with van der Waals surface area (Å²) in [4.78, 5) is 21.6. The second-order valence-electron chi connectivity index (χ2n) is 4.08. The predicted molar refractivity (Wildman–Crippen MR) is 73.3 cm³/mol. The molecule has 0 saturated carbocycles. The summed E-state index contributed by atoms with van der Waals surface area (Å²) in [5.41, 5.74) is -0.303. The van der Waals surface area contributed by atoms with Crippen LogP contribution < -0.4 is 5.32 Å². The first-order valence-electron chi connectivity index (χ1n) is 5.98. The van der Waals surface area contributed by atoms with Crippen LogP contribution in [-0.4, -0.2) is 11.0 Å². The fourth-order valence-corrected chi connectivity index (χ4v) is 1.65. The van der Waals surface area contributed by atoms with Crippen LogP contribution in [0.3, 0.4) is 0 Å². The number of nitro groups is 1. The SMILES string of the molecule is O=C(Nc1c(F)cccc1[N+](=O)[O-])OCc1ccccc1. The van der Waals surface area contributed by atoms with E-state index in [1.54, 1.807) is 24.3 Å². The van der Waals surface area contributed by atoms with Gasteiger partial charge in [-0.15, -0.1) is 0 Å². The number of benzene rings is 2. The van der Waals surface area contributed by atoms with Crippen molar-refractivity contribution in [3.8, 4) is 0 Å². The van der Waals surface area contributed by atoms with Gasteiger partial charge in [0.1, 0.15) is 6.61 Å². The van der Waals surface area contributed by atoms with Gasteiger partial charge in [-0.1, -0.05) is 36.4 Å². The van der Waals surface area contributed by atoms with E-state index in [0.29, 0.717) is 0 Å². The molecule has 7 heteroatoms. The molecule has 0 unspecified atom stereocenters. The first-order valence-corrected chi connectivity index (χ1v) is 5.98. The Kier molecular flexibility index (Phi) is 4.45. The molecule has 0 heterocycles. The van der Waals surface area contributed by atoms with E-state index in [0.717, 1.165) is 17.7 Å². The Morgan fingerprint density at radius 3 is 2.57 bits per heavy atom. The molecule has 1 amide bonds. The van der Waals surface area contributed by atoms with Gasteiger partial charge in [-0.25, -0.2) is 9.18 Å². The maximum absolute atomic E-state index is 13.6. The zero-order valence-corrected chi connectivity index (χ0v) is 10.8. The number of amides is 1. The predicted octanol–water partition coefficient (Wildman–Crippen LogP) is 3.48. The molecule has 0 aliphatic rings. The number of anilines is 1. The van der Waals surface area contributed by atoms with Gasteiger partial charge in [-0.05, 0) is 11.6 Å². The average molecular weight is 290 g/mol. The molecule has 0 aromatic heterocycles. The molecule has 0 atom stereocenters. The van der Waals surface area contributed by atoms with E-state index < -0.39 is 28.2 Å². The summed E-state index contributed by atoms with van der Waals surface area (Å²) in [5.74, 6) is -0.902. The third-order valence-corrected chi connectivity index (χ3v) is 2.63. The lowest BCUT2D eigenvalue weighted by molar-refractivity contribution is -0.384. The van der Waals surface area contributed by atoms with Crippen molar-refractivity contribution in [2.45, 2.75) is 6.61 Å². The Morgan fingerprint density at radius 1 is 1.19 bits per heavy atom. The van der Waals surface area contributed by atoms with Crippen molar-refractivity contribution >= 4 is 17.5 Å². The van der Waals surface area contributed by atoms with Crippen LogP contribution in [-0.2, 0) is 11.3 Å². The van der Waals surface area contributed by atoms with Gasteiger partial charge in [-0.3, -0.25) is 15.4 Å². The van der Waals surface area contributed by atoms with Gasteiger partial charge in [0.2, 0.25) is 0 Å². The van der Waals surface area contributed by atoms with E-state index in [1.807, 2.05) is 6.07 Å². The highest BCUT2D eigenvalue weighted by Gasteiger charge is 2.20. The van der Waals surface area contributed by atoms with Crippen LogP contribution >= 0.6 is 0 Å². The van der Waals surface area contributed by atoms with Gasteiger partial charge in [0, 0.05) is 6.07 Å². The van der Waals surface area contributed by atoms with Gasteiger partial charge in [-0.2, -0.15) is 0 Å². The minimum absolute atomic E-state index is 0.0189. The van der Waals surface area contributed by atoms with Crippen molar-refractivity contribution in [1.29, 1.82) is 0 Å². The van der Waals surface area contributed by atoms with Crippen molar-refractivity contribution in [1.82, 2.24) is 0 Å². The standard InChI is InChI=1S/C14H11FN2O4/c15-11-7-4-8-12(17(19)20)13(11)16-14(18)21-9-10-5-2-1-3-6-10/h1-8H,9H2,(H,16,18). The zero-order valence-electron chi connectivity index (χ0n) is 10.8. The molecule has 2 rings (SSSR count). The quantitative estimate of drug-likeness (QED) is 0.690. The highest BCUT2D eigenvalue weighted by molar-refractivity contribution is 5.88. The number of para-hydroxylation sites is 1. The fourth-order valence-electron chi connectivity index (χ4n) is 1.65. The third-order valence-electron chi connectivity index (χ3n) is 2.63. The summed E-state index contributed by atoms with van der Waals surface area (Å²) >= 11 is 0. The Balaban J connectivity index is 2.05. The van der Waals surface area contributed by atoms with E-state index in [-0.39, 0.29) is 6.61 Å². The number of carbonyl (C=O) groups is 1. The highest BCUT2D eigenvalue weighted by Crippen LogP contribution is 2.27. The van der Waals surface area contributed by atoms with Gasteiger partial charge < -0.3 is 4.74 Å². The molecular weight excluding hydrogens is 279 g/mol. The van der Waals surface area contributed by atoms with Crippen molar-refractivity contribution in [3.05, 3.63) is 70.0 Å². The second-order valence-corrected chi connectivity index (χ2v) is 4.08. The Hall–Kier alpha value is -2.96. The first-order chi connectivity index (χ1) is 10.1. The normalized spacial score (nSPS) is 9.95. The molecule has 6 nitrogen and oxygen atoms in total. The average Bonchev–Trinajstić information content (AvgIpc) is 2.48. The number of ether oxygens (including phenoxy) is 1. The number of nitrogens with zero attached hydrogens (tertiary/aromatic N) is 1. The molecule has 0 fully saturated rings. The third kappa shape index (κ3) is 3.75. The minimum Gasteiger partial charge on any atom is -0.444 e. The van der Waals surface area contributed by atoms with Gasteiger partial charge in [0.25, 0.3) is 5.69 Å². The van der Waals surface area contributed by atoms with Crippen molar-refractivity contribution < 1.29 is 18.8 Å². The fraction of sp³-hybridized carbons (Fsp3) is 0.0714. The topological polar surface area (TPSA) is 81.5 Å². The Morgan fingerprint density at radius 2 is 1.90 bits per heavy atom. The van der Waals surface area contributed by atoms with E-state index >= 15 is 0 Å². The first kappa shape index (κ1) is 14.4. The second kappa shape index (κ2) is 6.47. The van der Waals surface area contributed by atoms with E-state index in [9.17, 15) is 19.3 Å². The zero-order chi connectivity index (χ0) is 15.2. The van der Waals surface area contributed by atoms with Crippen molar-refractivity contribution in [2.75, 3.05) is 5.32 Å². The molecule has 2 aromatic carbocycles. The smallest absolute Gasteiger partial charge is 0.412 e. The summed E-state index contributed by atoms with van der Waals surface area (Å²) in [5, 5.41) is 12.8. The summed E-state index contributed by atoms with van der Waals surface area (Å²) in [7, 11) is 0. The number of nitrogens with one attached hydrogen (secondary N) is 1. The summed E-state index contributed by atoms with van der Waals surface area (Å²) in [6, 6.07) is 12.2. The lowest BCUT2D eigenvalue weighted by atomic mass is 10.2. The lowest BCUT2D eigenvalue weighted by Gasteiger charge is -2.08. The largest absolute Gasteiger partial charge is 0.444 e. The van der Waals surface area contributed by atoms with Crippen LogP contribution in [0.15, 0.2) is 48.5 Å². The number of nitro benzene ring substituents is 1. The molecule has 2 aromatic rings. The monoisotopic (exact) mass is 290 g/mol. The van der Waals surface area contributed by atoms with Crippen LogP contribution in [0.25, 0.3) is 0 Å². The molecular formula is C14H11FN2O4. The lowest BCUT2D eigenvalue weighted by Crippen LogP contribution is -2.15. The van der Waals surface area contributed by atoms with Crippen LogP contribution in [0.1, 0.15) is 5.56 Å². The van der Waals surface area contributed by atoms with Crippen LogP contribution in [0.4, 0.5) is 20.6 Å². The van der Waals surface area contributed by atoms with E-state index in [2.05, 4.69) is 5.32 Å². The Bertz CT molecular complexity index is 661. The molecule has 0 spiro atoms. The van der Waals surface area contributed by atoms with Crippen LogP contribution in [0.2, 0.25) is 0 Å². The molecule has 0 aliphatic carbocycles. The van der Waals surface area contributed by atoms with Gasteiger partial charge in [0.15, 0.2) is 11.5 Å². The number of halogens is 1. The van der Waals surface area contributed by atoms with Crippen molar-refractivity contribution in [3.63, 3.8) is 0 Å². The summed E-state index contributed by atoms with van der Waals surface area (Å²) in [6.07, 6.45) is -0.966. The van der Waals surface area contributed by atoms with Gasteiger partial charge >= 0.3 is 6.09 Å². The molecule has 0 aliphatic heterocycles. The molecule has 0 bridgehead atoms. The number of hydrogen-bond acceptors (Lipinski definition) is 4. The Labute approximate surface area is 119 Å². The molecule has 108 valence electrons. The molecule has 0 radical (unpaired) electrons. The number of hydrogen-bond donors (Lipinski definition) is 1. The molecule has 1 N–H and O–H groups in total. The number of rotatable bonds is 4. The summed E-state index contributed by atoms with van der Waals surface area (Å²) in [6.45, 7) is -0.0189. The van der Waals surface area contributed by atoms with Gasteiger partial charge in [0.05, 0.1) is 4.92 Å². The maximum Gasteiger partial charge on any atom is 0.412 e. The van der Waals surface area contributed by atoms with Crippen LogP contribution in [0.5, 0.6) is 0 Å². The highest BCUT2D eigenvalue weighted by atomic mass is 19.1. The number of carbonyl (C=O) groups excluding carboxylic acids is 1. The van der Waals surface area contributed by atoms with Crippen molar-refractivity contribution in [2.24, 2.45) is 0 Å². The summed E-state index contributed by atoms with van der Waals surface area (Å²) < 4.78 is 18.4. The van der Waals surface area contributed by atoms with E-state index in [4.69, 9.17) is 4.74 Å². The molecule has 0 saturated heterocycles. The maximum atomic E-state index is 13.6.